The minimum atomic E-state index is -4.64. The maximum Gasteiger partial charge on any atom is 0.466 e. The Labute approximate surface area is 75.2 Å². The van der Waals surface area contributed by atoms with Crippen molar-refractivity contribution in [2.24, 2.45) is 21.7 Å². The van der Waals surface area contributed by atoms with Crippen LogP contribution in [0, 0.1) is 0 Å². The zero-order valence-electron chi connectivity index (χ0n) is 7.03. The van der Waals surface area contributed by atoms with Gasteiger partial charge in [0.15, 0.2) is 0 Å². The van der Waals surface area contributed by atoms with Crippen LogP contribution in [-0.2, 0) is 4.57 Å². The summed E-state index contributed by atoms with van der Waals surface area (Å²) >= 11 is 0. The molecule has 8 nitrogen and oxygen atoms in total. The SMILES string of the molecule is CC/C=N/N=C(N)N.O=P(O)(O)O. The summed E-state index contributed by atoms with van der Waals surface area (Å²) in [5, 5.41) is 6.86. The highest BCUT2D eigenvalue weighted by atomic mass is 31.2. The Morgan fingerprint density at radius 2 is 1.85 bits per heavy atom. The van der Waals surface area contributed by atoms with E-state index >= 15 is 0 Å². The lowest BCUT2D eigenvalue weighted by atomic mass is 10.6. The minimum Gasteiger partial charge on any atom is -0.369 e. The quantitative estimate of drug-likeness (QED) is 0.166. The normalized spacial score (nSPS) is 10.5. The molecule has 0 amide bonds. The summed E-state index contributed by atoms with van der Waals surface area (Å²) in [5.41, 5.74) is 9.89. The monoisotopic (exact) mass is 212 g/mol. The Balaban J connectivity index is 0. The van der Waals surface area contributed by atoms with Gasteiger partial charge in [0.05, 0.1) is 0 Å². The molecule has 9 heteroatoms. The van der Waals surface area contributed by atoms with Gasteiger partial charge in [-0.25, -0.2) is 4.57 Å². The zero-order chi connectivity index (χ0) is 10.9. The summed E-state index contributed by atoms with van der Waals surface area (Å²) in [5.74, 6) is -0.00491. The smallest absolute Gasteiger partial charge is 0.369 e. The van der Waals surface area contributed by atoms with Crippen LogP contribution in [0.3, 0.4) is 0 Å². The number of phosphoric acid groups is 1. The number of nitrogens with zero attached hydrogens (tertiary/aromatic N) is 2. The molecule has 0 rings (SSSR count). The van der Waals surface area contributed by atoms with Gasteiger partial charge >= 0.3 is 7.82 Å². The fourth-order valence-corrected chi connectivity index (χ4v) is 0.189. The molecule has 78 valence electrons. The molecule has 0 heterocycles. The first-order valence-electron chi connectivity index (χ1n) is 3.16. The van der Waals surface area contributed by atoms with Gasteiger partial charge in [-0.05, 0) is 6.42 Å². The highest BCUT2D eigenvalue weighted by molar-refractivity contribution is 7.45. The molecule has 0 aromatic heterocycles. The summed E-state index contributed by atoms with van der Waals surface area (Å²) in [7, 11) is -4.64. The predicted molar refractivity (Wildman–Crippen MR) is 48.9 cm³/mol. The Bertz CT molecular complexity index is 210. The number of rotatable bonds is 2. The summed E-state index contributed by atoms with van der Waals surface area (Å²) in [6.45, 7) is 1.95. The summed E-state index contributed by atoms with van der Waals surface area (Å²) in [4.78, 5) is 21.6. The molecule has 0 aromatic carbocycles. The number of guanidine groups is 1. The molecule has 0 bridgehead atoms. The van der Waals surface area contributed by atoms with Gasteiger partial charge in [0.1, 0.15) is 0 Å². The van der Waals surface area contributed by atoms with Crippen LogP contribution in [0.2, 0.25) is 0 Å². The molecule has 0 saturated carbocycles. The van der Waals surface area contributed by atoms with Crippen molar-refractivity contribution in [1.29, 1.82) is 0 Å². The Hall–Kier alpha value is -0.950. The molecule has 0 fully saturated rings. The second-order valence-electron chi connectivity index (χ2n) is 1.74. The average Bonchev–Trinajstić information content (AvgIpc) is 1.83. The second kappa shape index (κ2) is 7.69. The average molecular weight is 212 g/mol. The van der Waals surface area contributed by atoms with E-state index in [1.807, 2.05) is 6.92 Å². The lowest BCUT2D eigenvalue weighted by Crippen LogP contribution is -2.21. The Morgan fingerprint density at radius 1 is 1.46 bits per heavy atom. The Morgan fingerprint density at radius 3 is 2.08 bits per heavy atom. The molecule has 0 unspecified atom stereocenters. The van der Waals surface area contributed by atoms with Gasteiger partial charge in [0.2, 0.25) is 5.96 Å². The van der Waals surface area contributed by atoms with E-state index in [1.54, 1.807) is 6.21 Å². The van der Waals surface area contributed by atoms with Crippen molar-refractivity contribution >= 4 is 20.0 Å². The van der Waals surface area contributed by atoms with E-state index in [0.29, 0.717) is 0 Å². The maximum atomic E-state index is 8.88. The van der Waals surface area contributed by atoms with Crippen molar-refractivity contribution in [3.8, 4) is 0 Å². The predicted octanol–water partition coefficient (Wildman–Crippen LogP) is -1.27. The van der Waals surface area contributed by atoms with Crippen molar-refractivity contribution in [3.05, 3.63) is 0 Å². The summed E-state index contributed by atoms with van der Waals surface area (Å²) in [6.07, 6.45) is 2.47. The third-order valence-electron chi connectivity index (χ3n) is 0.437. The van der Waals surface area contributed by atoms with Crippen molar-refractivity contribution in [3.63, 3.8) is 0 Å². The molecule has 0 radical (unpaired) electrons. The van der Waals surface area contributed by atoms with Crippen molar-refractivity contribution < 1.29 is 19.2 Å². The van der Waals surface area contributed by atoms with E-state index in [0.717, 1.165) is 6.42 Å². The van der Waals surface area contributed by atoms with Gasteiger partial charge in [0, 0.05) is 6.21 Å². The molecular formula is C4H13N4O4P. The summed E-state index contributed by atoms with van der Waals surface area (Å²) in [6, 6.07) is 0. The van der Waals surface area contributed by atoms with Crippen LogP contribution < -0.4 is 11.5 Å². The topological polar surface area (TPSA) is 155 Å². The van der Waals surface area contributed by atoms with Crippen molar-refractivity contribution in [1.82, 2.24) is 0 Å². The van der Waals surface area contributed by atoms with E-state index in [2.05, 4.69) is 10.2 Å². The van der Waals surface area contributed by atoms with Gasteiger partial charge < -0.3 is 26.1 Å². The first-order valence-corrected chi connectivity index (χ1v) is 4.72. The Kier molecular flexibility index (Phi) is 8.61. The summed E-state index contributed by atoms with van der Waals surface area (Å²) < 4.78 is 8.88. The maximum absolute atomic E-state index is 8.88. The van der Waals surface area contributed by atoms with Crippen molar-refractivity contribution in [2.75, 3.05) is 0 Å². The van der Waals surface area contributed by atoms with Crippen LogP contribution in [0.4, 0.5) is 0 Å². The number of nitrogens with two attached hydrogens (primary N) is 2. The lowest BCUT2D eigenvalue weighted by Gasteiger charge is -1.82. The van der Waals surface area contributed by atoms with Gasteiger partial charge in [-0.2, -0.15) is 5.10 Å². The molecule has 0 spiro atoms. The zero-order valence-corrected chi connectivity index (χ0v) is 7.93. The highest BCUT2D eigenvalue weighted by Crippen LogP contribution is 2.25. The fraction of sp³-hybridized carbons (Fsp3) is 0.500. The van der Waals surface area contributed by atoms with Gasteiger partial charge in [-0.3, -0.25) is 0 Å². The van der Waals surface area contributed by atoms with E-state index in [1.165, 1.54) is 0 Å². The second-order valence-corrected chi connectivity index (χ2v) is 2.77. The van der Waals surface area contributed by atoms with Crippen LogP contribution in [0.5, 0.6) is 0 Å². The molecule has 0 atom stereocenters. The fourth-order valence-electron chi connectivity index (χ4n) is 0.189. The number of hydrogen-bond donors (Lipinski definition) is 5. The molecule has 0 aromatic rings. The largest absolute Gasteiger partial charge is 0.466 e. The third-order valence-corrected chi connectivity index (χ3v) is 0.437. The van der Waals surface area contributed by atoms with E-state index in [-0.39, 0.29) is 5.96 Å². The van der Waals surface area contributed by atoms with Gasteiger partial charge in [0.25, 0.3) is 0 Å². The van der Waals surface area contributed by atoms with Crippen molar-refractivity contribution in [2.45, 2.75) is 13.3 Å². The molecule has 7 N–H and O–H groups in total. The minimum absolute atomic E-state index is 0.00491. The first kappa shape index (κ1) is 14.6. The molecule has 0 aliphatic rings. The molecular weight excluding hydrogens is 199 g/mol. The highest BCUT2D eigenvalue weighted by Gasteiger charge is 2.00. The van der Waals surface area contributed by atoms with E-state index in [9.17, 15) is 0 Å². The van der Waals surface area contributed by atoms with Crippen LogP contribution in [0.25, 0.3) is 0 Å². The third kappa shape index (κ3) is 55.2. The van der Waals surface area contributed by atoms with Gasteiger partial charge in [-0.1, -0.05) is 6.92 Å². The molecule has 0 aliphatic heterocycles. The van der Waals surface area contributed by atoms with E-state index in [4.69, 9.17) is 30.7 Å². The molecule has 0 saturated heterocycles. The van der Waals surface area contributed by atoms with Crippen LogP contribution in [0.15, 0.2) is 10.2 Å². The number of hydrogen-bond acceptors (Lipinski definition) is 3. The molecule has 0 aliphatic carbocycles. The lowest BCUT2D eigenvalue weighted by molar-refractivity contribution is 0.275. The van der Waals surface area contributed by atoms with Gasteiger partial charge in [-0.15, -0.1) is 5.10 Å². The first-order chi connectivity index (χ1) is 5.77. The standard InChI is InChI=1S/C4H10N4.H3O4P/c1-2-3-7-8-4(5)6;1-5(2,3)4/h3H,2H2,1H3,(H4,5,6,8);(H3,1,2,3,4)/b7-3+;. The van der Waals surface area contributed by atoms with Crippen LogP contribution in [0.1, 0.15) is 13.3 Å². The molecule has 13 heavy (non-hydrogen) atoms. The van der Waals surface area contributed by atoms with Crippen LogP contribution in [-0.4, -0.2) is 26.9 Å². The van der Waals surface area contributed by atoms with E-state index < -0.39 is 7.82 Å². The van der Waals surface area contributed by atoms with Crippen LogP contribution >= 0.6 is 7.82 Å².